The van der Waals surface area contributed by atoms with Crippen molar-refractivity contribution in [1.29, 1.82) is 0 Å². The van der Waals surface area contributed by atoms with Gasteiger partial charge in [0.25, 0.3) is 10.0 Å². The maximum absolute atomic E-state index is 14.0. The molecule has 7 nitrogen and oxygen atoms in total. The van der Waals surface area contributed by atoms with E-state index in [0.717, 1.165) is 22.7 Å². The second kappa shape index (κ2) is 14.2. The van der Waals surface area contributed by atoms with Crippen LogP contribution in [-0.4, -0.2) is 44.3 Å². The van der Waals surface area contributed by atoms with Crippen molar-refractivity contribution in [3.63, 3.8) is 0 Å². The lowest BCUT2D eigenvalue weighted by Gasteiger charge is -2.32. The fourth-order valence-electron chi connectivity index (χ4n) is 3.95. The van der Waals surface area contributed by atoms with E-state index in [1.807, 2.05) is 13.8 Å². The molecule has 0 aliphatic rings. The molecule has 40 heavy (non-hydrogen) atoms. The number of benzene rings is 3. The van der Waals surface area contributed by atoms with Crippen LogP contribution in [0.4, 0.5) is 5.69 Å². The average Bonchev–Trinajstić information content (AvgIpc) is 2.92. The van der Waals surface area contributed by atoms with Gasteiger partial charge in [-0.05, 0) is 68.8 Å². The maximum Gasteiger partial charge on any atom is 0.264 e. The Bertz CT molecular complexity index is 1410. The van der Waals surface area contributed by atoms with Gasteiger partial charge in [-0.25, -0.2) is 8.42 Å². The zero-order valence-corrected chi connectivity index (χ0v) is 25.6. The molecule has 3 aromatic rings. The van der Waals surface area contributed by atoms with Gasteiger partial charge in [-0.15, -0.1) is 0 Å². The van der Waals surface area contributed by atoms with Crippen LogP contribution in [0.1, 0.15) is 37.8 Å². The Morgan fingerprint density at radius 3 is 2.10 bits per heavy atom. The molecule has 1 atom stereocenters. The van der Waals surface area contributed by atoms with Crippen LogP contribution in [0.5, 0.6) is 0 Å². The fraction of sp³-hybridized carbons (Fsp3) is 0.310. The van der Waals surface area contributed by atoms with Crippen LogP contribution in [0, 0.1) is 6.92 Å². The number of nitrogens with zero attached hydrogens (tertiary/aromatic N) is 2. The molecule has 11 heteroatoms. The molecule has 0 aliphatic carbocycles. The van der Waals surface area contributed by atoms with Gasteiger partial charge in [0.05, 0.1) is 10.6 Å². The van der Waals surface area contributed by atoms with Crippen LogP contribution < -0.4 is 9.62 Å². The highest BCUT2D eigenvalue weighted by molar-refractivity contribution is 7.92. The Kier molecular flexibility index (Phi) is 11.3. The molecule has 3 rings (SSSR count). The van der Waals surface area contributed by atoms with Gasteiger partial charge in [-0.3, -0.25) is 13.9 Å². The molecule has 0 unspecified atom stereocenters. The van der Waals surface area contributed by atoms with Crippen LogP contribution in [0.2, 0.25) is 15.1 Å². The maximum atomic E-state index is 14.0. The first-order chi connectivity index (χ1) is 18.9. The van der Waals surface area contributed by atoms with Crippen molar-refractivity contribution in [1.82, 2.24) is 10.2 Å². The first kappa shape index (κ1) is 31.7. The Labute approximate surface area is 251 Å². The van der Waals surface area contributed by atoms with Crippen LogP contribution in [-0.2, 0) is 26.2 Å². The van der Waals surface area contributed by atoms with Crippen molar-refractivity contribution in [2.45, 2.75) is 51.1 Å². The number of amides is 2. The smallest absolute Gasteiger partial charge is 0.264 e. The normalized spacial score (nSPS) is 12.1. The van der Waals surface area contributed by atoms with Gasteiger partial charge in [-0.1, -0.05) is 71.9 Å². The molecule has 0 heterocycles. The number of nitrogens with one attached hydrogen (secondary N) is 1. The number of sulfonamides is 1. The third-order valence-electron chi connectivity index (χ3n) is 6.39. The average molecular weight is 625 g/mol. The fourth-order valence-corrected chi connectivity index (χ4v) is 6.00. The molecule has 0 aromatic heterocycles. The van der Waals surface area contributed by atoms with Crippen LogP contribution in [0.3, 0.4) is 0 Å². The SMILES string of the molecule is CCCCNC(=O)[C@H](C)N(Cc1c(Cl)cccc1Cl)C(=O)CN(c1ccc(C)cc1)S(=O)(=O)c1ccc(Cl)cc1. The van der Waals surface area contributed by atoms with Gasteiger partial charge in [0.2, 0.25) is 11.8 Å². The third-order valence-corrected chi connectivity index (χ3v) is 9.14. The van der Waals surface area contributed by atoms with E-state index < -0.39 is 28.5 Å². The summed E-state index contributed by atoms with van der Waals surface area (Å²) in [4.78, 5) is 28.3. The van der Waals surface area contributed by atoms with Crippen LogP contribution in [0.25, 0.3) is 0 Å². The topological polar surface area (TPSA) is 86.8 Å². The molecule has 0 spiro atoms. The summed E-state index contributed by atoms with van der Waals surface area (Å²) < 4.78 is 28.7. The minimum absolute atomic E-state index is 0.0312. The highest BCUT2D eigenvalue weighted by atomic mass is 35.5. The Morgan fingerprint density at radius 2 is 1.52 bits per heavy atom. The molecule has 214 valence electrons. The van der Waals surface area contributed by atoms with E-state index in [4.69, 9.17) is 34.8 Å². The van der Waals surface area contributed by atoms with E-state index in [-0.39, 0.29) is 17.3 Å². The van der Waals surface area contributed by atoms with E-state index in [9.17, 15) is 18.0 Å². The Morgan fingerprint density at radius 1 is 0.925 bits per heavy atom. The van der Waals surface area contributed by atoms with E-state index >= 15 is 0 Å². The van der Waals surface area contributed by atoms with E-state index in [1.165, 1.54) is 29.2 Å². The molecular weight excluding hydrogens is 593 g/mol. The Hall–Kier alpha value is -2.78. The number of hydrogen-bond acceptors (Lipinski definition) is 4. The summed E-state index contributed by atoms with van der Waals surface area (Å²) in [6.07, 6.45) is 1.67. The quantitative estimate of drug-likeness (QED) is 0.234. The number of halogens is 3. The Balaban J connectivity index is 2.03. The molecular formula is C29H32Cl3N3O4S. The van der Waals surface area contributed by atoms with Crippen LogP contribution in [0.15, 0.2) is 71.6 Å². The predicted octanol–water partition coefficient (Wildman–Crippen LogP) is 6.48. The number of anilines is 1. The standard InChI is InChI=1S/C29H32Cl3N3O4S/c1-4-5-17-33-29(37)21(3)34(18-25-26(31)7-6-8-27(25)32)28(36)19-35(23-13-9-20(2)10-14-23)40(38,39)24-15-11-22(30)12-16-24/h6-16,21H,4-5,17-19H2,1-3H3,(H,33,37)/t21-/m0/s1. The summed E-state index contributed by atoms with van der Waals surface area (Å²) in [5.74, 6) is -0.973. The highest BCUT2D eigenvalue weighted by Gasteiger charge is 2.33. The van der Waals surface area contributed by atoms with Gasteiger partial charge < -0.3 is 10.2 Å². The van der Waals surface area contributed by atoms with Crippen molar-refractivity contribution < 1.29 is 18.0 Å². The van der Waals surface area contributed by atoms with Gasteiger partial charge in [0.1, 0.15) is 12.6 Å². The van der Waals surface area contributed by atoms with Crippen molar-refractivity contribution in [3.8, 4) is 0 Å². The van der Waals surface area contributed by atoms with Gasteiger partial charge in [0.15, 0.2) is 0 Å². The zero-order valence-electron chi connectivity index (χ0n) is 22.5. The van der Waals surface area contributed by atoms with E-state index in [0.29, 0.717) is 32.9 Å². The number of aryl methyl sites for hydroxylation is 1. The highest BCUT2D eigenvalue weighted by Crippen LogP contribution is 2.29. The first-order valence-corrected chi connectivity index (χ1v) is 15.4. The van der Waals surface area contributed by atoms with Gasteiger partial charge in [-0.2, -0.15) is 0 Å². The summed E-state index contributed by atoms with van der Waals surface area (Å²) in [6.45, 7) is 5.26. The summed E-state index contributed by atoms with van der Waals surface area (Å²) in [6, 6.07) is 16.5. The molecule has 0 bridgehead atoms. The first-order valence-electron chi connectivity index (χ1n) is 12.8. The van der Waals surface area contributed by atoms with Crippen molar-refractivity contribution in [2.24, 2.45) is 0 Å². The van der Waals surface area contributed by atoms with Gasteiger partial charge in [0, 0.05) is 33.7 Å². The molecule has 1 N–H and O–H groups in total. The molecule has 2 amide bonds. The molecule has 0 saturated heterocycles. The van der Waals surface area contributed by atoms with E-state index in [2.05, 4.69) is 5.32 Å². The van der Waals surface area contributed by atoms with Gasteiger partial charge >= 0.3 is 0 Å². The lowest BCUT2D eigenvalue weighted by Crippen LogP contribution is -2.51. The summed E-state index contributed by atoms with van der Waals surface area (Å²) in [5.41, 5.74) is 1.67. The molecule has 0 saturated carbocycles. The second-order valence-electron chi connectivity index (χ2n) is 9.34. The van der Waals surface area contributed by atoms with Crippen molar-refractivity contribution in [3.05, 3.63) is 92.9 Å². The molecule has 3 aromatic carbocycles. The number of hydrogen-bond donors (Lipinski definition) is 1. The summed E-state index contributed by atoms with van der Waals surface area (Å²) in [5, 5.41) is 3.87. The minimum Gasteiger partial charge on any atom is -0.354 e. The predicted molar refractivity (Wildman–Crippen MR) is 162 cm³/mol. The molecule has 0 fully saturated rings. The van der Waals surface area contributed by atoms with Crippen molar-refractivity contribution in [2.75, 3.05) is 17.4 Å². The number of rotatable bonds is 12. The van der Waals surface area contributed by atoms with Crippen LogP contribution >= 0.6 is 34.8 Å². The minimum atomic E-state index is -4.19. The largest absolute Gasteiger partial charge is 0.354 e. The summed E-state index contributed by atoms with van der Waals surface area (Å²) in [7, 11) is -4.19. The van der Waals surface area contributed by atoms with E-state index in [1.54, 1.807) is 49.4 Å². The third kappa shape index (κ3) is 7.91. The molecule has 0 aliphatic heterocycles. The monoisotopic (exact) mass is 623 g/mol. The number of carbonyl (C=O) groups is 2. The zero-order chi connectivity index (χ0) is 29.4. The molecule has 0 radical (unpaired) electrons. The number of unbranched alkanes of at least 4 members (excludes halogenated alkanes) is 1. The lowest BCUT2D eigenvalue weighted by atomic mass is 10.1. The summed E-state index contributed by atoms with van der Waals surface area (Å²) >= 11 is 18.8. The second-order valence-corrected chi connectivity index (χ2v) is 12.5. The van der Waals surface area contributed by atoms with Crippen molar-refractivity contribution >= 4 is 62.3 Å². The lowest BCUT2D eigenvalue weighted by molar-refractivity contribution is -0.139. The number of carbonyl (C=O) groups excluding carboxylic acids is 2.